The number of rotatable bonds is 4. The number of anilines is 1. The highest BCUT2D eigenvalue weighted by Gasteiger charge is 2.30. The summed E-state index contributed by atoms with van der Waals surface area (Å²) in [6.07, 6.45) is 1.31. The molecule has 1 aliphatic heterocycles. The van der Waals surface area contributed by atoms with E-state index in [4.69, 9.17) is 18.0 Å². The molecule has 104 valence electrons. The number of halogens is 1. The zero-order valence-electron chi connectivity index (χ0n) is 10.2. The molecule has 1 fully saturated rings. The highest BCUT2D eigenvalue weighted by Crippen LogP contribution is 2.22. The van der Waals surface area contributed by atoms with Crippen LogP contribution in [0.4, 0.5) is 10.1 Å². The van der Waals surface area contributed by atoms with Gasteiger partial charge < -0.3 is 11.1 Å². The van der Waals surface area contributed by atoms with Crippen molar-refractivity contribution < 1.29 is 12.8 Å². The van der Waals surface area contributed by atoms with E-state index in [9.17, 15) is 12.8 Å². The van der Waals surface area contributed by atoms with Crippen molar-refractivity contribution >= 4 is 32.7 Å². The van der Waals surface area contributed by atoms with Gasteiger partial charge in [0.25, 0.3) is 0 Å². The van der Waals surface area contributed by atoms with E-state index in [0.717, 1.165) is 0 Å². The van der Waals surface area contributed by atoms with Crippen LogP contribution in [0, 0.1) is 5.82 Å². The predicted octanol–water partition coefficient (Wildman–Crippen LogP) is 1.45. The molecule has 1 heterocycles. The minimum atomic E-state index is -3.02. The van der Waals surface area contributed by atoms with Crippen molar-refractivity contribution in [3.63, 3.8) is 0 Å². The molecule has 7 heteroatoms. The van der Waals surface area contributed by atoms with Crippen LogP contribution in [0.3, 0.4) is 0 Å². The van der Waals surface area contributed by atoms with Gasteiger partial charge in [-0.1, -0.05) is 12.2 Å². The maximum Gasteiger partial charge on any atom is 0.154 e. The summed E-state index contributed by atoms with van der Waals surface area (Å²) in [6.45, 7) is 0.228. The molecule has 0 aromatic heterocycles. The van der Waals surface area contributed by atoms with Crippen molar-refractivity contribution in [3.05, 3.63) is 29.6 Å². The lowest BCUT2D eigenvalue weighted by molar-refractivity contribution is 0.590. The summed E-state index contributed by atoms with van der Waals surface area (Å²) in [7, 11) is -3.02. The van der Waals surface area contributed by atoms with Crippen LogP contribution in [-0.4, -0.2) is 31.0 Å². The van der Waals surface area contributed by atoms with Crippen LogP contribution in [-0.2, 0) is 9.84 Å². The van der Waals surface area contributed by atoms with E-state index in [-0.39, 0.29) is 23.0 Å². The monoisotopic (exact) mass is 302 g/mol. The van der Waals surface area contributed by atoms with Gasteiger partial charge in [0.15, 0.2) is 9.84 Å². The van der Waals surface area contributed by atoms with Crippen LogP contribution in [0.1, 0.15) is 18.4 Å². The largest absolute Gasteiger partial charge is 0.389 e. The average molecular weight is 302 g/mol. The molecule has 0 bridgehead atoms. The van der Waals surface area contributed by atoms with Crippen molar-refractivity contribution in [2.45, 2.75) is 18.1 Å². The summed E-state index contributed by atoms with van der Waals surface area (Å²) >= 11 is 4.76. The van der Waals surface area contributed by atoms with Gasteiger partial charge in [-0.3, -0.25) is 0 Å². The SMILES string of the molecule is NC(=S)c1ccc(NCC2CCCS2(=O)=O)c(F)c1. The predicted molar refractivity (Wildman–Crippen MR) is 77.6 cm³/mol. The van der Waals surface area contributed by atoms with Crippen LogP contribution in [0.25, 0.3) is 0 Å². The maximum absolute atomic E-state index is 13.7. The number of nitrogens with one attached hydrogen (secondary N) is 1. The second-order valence-electron chi connectivity index (χ2n) is 4.57. The minimum Gasteiger partial charge on any atom is -0.389 e. The van der Waals surface area contributed by atoms with E-state index in [1.165, 1.54) is 12.1 Å². The van der Waals surface area contributed by atoms with Crippen LogP contribution in [0.2, 0.25) is 0 Å². The molecule has 19 heavy (non-hydrogen) atoms. The Bertz CT molecular complexity index is 602. The Labute approximate surface area is 117 Å². The van der Waals surface area contributed by atoms with Gasteiger partial charge in [0.05, 0.1) is 16.7 Å². The fourth-order valence-electron chi connectivity index (χ4n) is 2.12. The molecule has 1 unspecified atom stereocenters. The quantitative estimate of drug-likeness (QED) is 0.824. The van der Waals surface area contributed by atoms with Crippen molar-refractivity contribution in [1.82, 2.24) is 0 Å². The molecule has 0 aliphatic carbocycles. The topological polar surface area (TPSA) is 72.2 Å². The lowest BCUT2D eigenvalue weighted by atomic mass is 10.2. The van der Waals surface area contributed by atoms with E-state index in [2.05, 4.69) is 5.32 Å². The van der Waals surface area contributed by atoms with E-state index >= 15 is 0 Å². The molecule has 1 aliphatic rings. The Morgan fingerprint density at radius 3 is 2.79 bits per heavy atom. The summed E-state index contributed by atoms with van der Waals surface area (Å²) < 4.78 is 37.0. The zero-order valence-corrected chi connectivity index (χ0v) is 11.9. The lowest BCUT2D eigenvalue weighted by Crippen LogP contribution is -2.25. The molecule has 0 spiro atoms. The number of hydrogen-bond acceptors (Lipinski definition) is 4. The summed E-state index contributed by atoms with van der Waals surface area (Å²) in [5.74, 6) is -0.261. The zero-order chi connectivity index (χ0) is 14.0. The number of hydrogen-bond donors (Lipinski definition) is 2. The number of thiocarbonyl (C=S) groups is 1. The summed E-state index contributed by atoms with van der Waals surface area (Å²) in [5.41, 5.74) is 6.12. The third-order valence-corrected chi connectivity index (χ3v) is 5.75. The maximum atomic E-state index is 13.7. The summed E-state index contributed by atoms with van der Waals surface area (Å²) in [5, 5.41) is 2.41. The Balaban J connectivity index is 2.06. The van der Waals surface area contributed by atoms with Gasteiger partial charge in [-0.15, -0.1) is 0 Å². The average Bonchev–Trinajstić information content (AvgIpc) is 2.66. The molecule has 1 aromatic carbocycles. The molecule has 3 N–H and O–H groups in total. The van der Waals surface area contributed by atoms with Gasteiger partial charge in [-0.05, 0) is 31.0 Å². The van der Waals surface area contributed by atoms with Crippen LogP contribution in [0.5, 0.6) is 0 Å². The van der Waals surface area contributed by atoms with Gasteiger partial charge in [0.1, 0.15) is 10.8 Å². The molecule has 1 saturated heterocycles. The van der Waals surface area contributed by atoms with E-state index < -0.39 is 20.9 Å². The number of sulfone groups is 1. The Kier molecular flexibility index (Phi) is 4.05. The van der Waals surface area contributed by atoms with E-state index in [1.807, 2.05) is 0 Å². The molecule has 0 saturated carbocycles. The highest BCUT2D eigenvalue weighted by molar-refractivity contribution is 7.92. The molecule has 4 nitrogen and oxygen atoms in total. The third-order valence-electron chi connectivity index (χ3n) is 3.24. The Hall–Kier alpha value is -1.21. The number of nitrogens with two attached hydrogens (primary N) is 1. The smallest absolute Gasteiger partial charge is 0.154 e. The molecule has 0 amide bonds. The fraction of sp³-hybridized carbons (Fsp3) is 0.417. The molecule has 1 aromatic rings. The molecule has 0 radical (unpaired) electrons. The van der Waals surface area contributed by atoms with Crippen molar-refractivity contribution in [2.75, 3.05) is 17.6 Å². The first-order chi connectivity index (χ1) is 8.90. The molecular formula is C12H15FN2O2S2. The first-order valence-corrected chi connectivity index (χ1v) is 8.07. The van der Waals surface area contributed by atoms with Crippen LogP contribution >= 0.6 is 12.2 Å². The third kappa shape index (κ3) is 3.22. The van der Waals surface area contributed by atoms with E-state index in [0.29, 0.717) is 18.4 Å². The van der Waals surface area contributed by atoms with Crippen molar-refractivity contribution in [2.24, 2.45) is 5.73 Å². The van der Waals surface area contributed by atoms with Crippen LogP contribution < -0.4 is 11.1 Å². The molecule has 1 atom stereocenters. The van der Waals surface area contributed by atoms with E-state index in [1.54, 1.807) is 6.07 Å². The minimum absolute atomic E-state index is 0.129. The highest BCUT2D eigenvalue weighted by atomic mass is 32.2. The summed E-state index contributed by atoms with van der Waals surface area (Å²) in [6, 6.07) is 4.37. The Morgan fingerprint density at radius 2 is 2.26 bits per heavy atom. The first-order valence-electron chi connectivity index (χ1n) is 5.95. The second kappa shape index (κ2) is 5.42. The van der Waals surface area contributed by atoms with Gasteiger partial charge in [0.2, 0.25) is 0 Å². The summed E-state index contributed by atoms with van der Waals surface area (Å²) in [4.78, 5) is 0.129. The second-order valence-corrected chi connectivity index (χ2v) is 7.41. The van der Waals surface area contributed by atoms with Gasteiger partial charge in [-0.25, -0.2) is 12.8 Å². The van der Waals surface area contributed by atoms with Gasteiger partial charge in [-0.2, -0.15) is 0 Å². The van der Waals surface area contributed by atoms with Crippen molar-refractivity contribution in [3.8, 4) is 0 Å². The molecular weight excluding hydrogens is 287 g/mol. The molecule has 2 rings (SSSR count). The number of benzene rings is 1. The van der Waals surface area contributed by atoms with Gasteiger partial charge >= 0.3 is 0 Å². The normalized spacial score (nSPS) is 21.2. The lowest BCUT2D eigenvalue weighted by Gasteiger charge is -2.13. The fourth-order valence-corrected chi connectivity index (χ4v) is 4.02. The van der Waals surface area contributed by atoms with Gasteiger partial charge in [0, 0.05) is 12.1 Å². The first kappa shape index (κ1) is 14.2. The van der Waals surface area contributed by atoms with Crippen molar-refractivity contribution in [1.29, 1.82) is 0 Å². The standard InChI is InChI=1S/C12H15FN2O2S2/c13-10-6-8(12(14)18)3-4-11(10)15-7-9-2-1-5-19(9,16)17/h3-4,6,9,15H,1-2,5,7H2,(H2,14,18). The van der Waals surface area contributed by atoms with Crippen LogP contribution in [0.15, 0.2) is 18.2 Å². The Morgan fingerprint density at radius 1 is 1.53 bits per heavy atom.